The summed E-state index contributed by atoms with van der Waals surface area (Å²) in [4.78, 5) is 6.97. The molecule has 0 aliphatic carbocycles. The molecule has 4 heterocycles. The van der Waals surface area contributed by atoms with Gasteiger partial charge in [-0.15, -0.1) is 0 Å². The second-order valence-electron chi connectivity index (χ2n) is 5.98. The Bertz CT molecular complexity index is 780. The van der Waals surface area contributed by atoms with E-state index in [9.17, 15) is 0 Å². The van der Waals surface area contributed by atoms with Gasteiger partial charge >= 0.3 is 0 Å². The molecule has 3 aromatic heterocycles. The standard InChI is InChI=1S/C17H20N6O/c1-22-14(4-7-20-22)11-23-8-9-24-17(12-23)16-3-2-13(10-18-16)15-5-6-19-21-15/h2-7,10,17H,8-9,11-12H2,1H3,(H,19,21)/t17-/m0/s1. The van der Waals surface area contributed by atoms with E-state index in [4.69, 9.17) is 4.74 Å². The van der Waals surface area contributed by atoms with Gasteiger partial charge in [-0.3, -0.25) is 19.7 Å². The zero-order chi connectivity index (χ0) is 16.4. The fourth-order valence-corrected chi connectivity index (χ4v) is 2.98. The molecule has 4 rings (SSSR count). The lowest BCUT2D eigenvalue weighted by Crippen LogP contribution is -2.38. The summed E-state index contributed by atoms with van der Waals surface area (Å²) in [6, 6.07) is 8.08. The minimum absolute atomic E-state index is 0.00259. The van der Waals surface area contributed by atoms with Crippen molar-refractivity contribution >= 4 is 0 Å². The van der Waals surface area contributed by atoms with Gasteiger partial charge in [0.25, 0.3) is 0 Å². The van der Waals surface area contributed by atoms with Gasteiger partial charge in [0.15, 0.2) is 0 Å². The van der Waals surface area contributed by atoms with Crippen LogP contribution in [0.15, 0.2) is 42.9 Å². The summed E-state index contributed by atoms with van der Waals surface area (Å²) >= 11 is 0. The van der Waals surface area contributed by atoms with Gasteiger partial charge in [-0.1, -0.05) is 0 Å². The van der Waals surface area contributed by atoms with Crippen LogP contribution in [0.2, 0.25) is 0 Å². The van der Waals surface area contributed by atoms with Crippen LogP contribution in [0.3, 0.4) is 0 Å². The summed E-state index contributed by atoms with van der Waals surface area (Å²) < 4.78 is 7.85. The van der Waals surface area contributed by atoms with Gasteiger partial charge in [0.05, 0.1) is 23.7 Å². The first kappa shape index (κ1) is 15.0. The van der Waals surface area contributed by atoms with Crippen molar-refractivity contribution in [1.82, 2.24) is 29.9 Å². The summed E-state index contributed by atoms with van der Waals surface area (Å²) in [5.41, 5.74) is 4.17. The largest absolute Gasteiger partial charge is 0.369 e. The zero-order valence-corrected chi connectivity index (χ0v) is 13.6. The molecule has 0 unspecified atom stereocenters. The van der Waals surface area contributed by atoms with Gasteiger partial charge in [0, 0.05) is 50.8 Å². The van der Waals surface area contributed by atoms with Crippen LogP contribution in [0.25, 0.3) is 11.3 Å². The molecule has 0 aromatic carbocycles. The van der Waals surface area contributed by atoms with Crippen molar-refractivity contribution in [2.45, 2.75) is 12.6 Å². The highest BCUT2D eigenvalue weighted by molar-refractivity contribution is 5.57. The number of hydrogen-bond acceptors (Lipinski definition) is 5. The lowest BCUT2D eigenvalue weighted by molar-refractivity contribution is -0.0356. The van der Waals surface area contributed by atoms with Crippen LogP contribution in [0.1, 0.15) is 17.5 Å². The molecule has 3 aromatic rings. The van der Waals surface area contributed by atoms with Gasteiger partial charge in [0.1, 0.15) is 6.10 Å². The molecule has 1 N–H and O–H groups in total. The summed E-state index contributed by atoms with van der Waals surface area (Å²) in [5, 5.41) is 11.2. The molecule has 124 valence electrons. The maximum atomic E-state index is 5.93. The molecule has 0 amide bonds. The number of H-pyrrole nitrogens is 1. The van der Waals surface area contributed by atoms with Crippen molar-refractivity contribution in [3.8, 4) is 11.3 Å². The lowest BCUT2D eigenvalue weighted by atomic mass is 10.1. The molecule has 7 heteroatoms. The van der Waals surface area contributed by atoms with E-state index in [1.165, 1.54) is 5.69 Å². The Morgan fingerprint density at radius 3 is 2.92 bits per heavy atom. The van der Waals surface area contributed by atoms with Crippen molar-refractivity contribution in [3.63, 3.8) is 0 Å². The third-order valence-corrected chi connectivity index (χ3v) is 4.39. The van der Waals surface area contributed by atoms with Crippen molar-refractivity contribution in [1.29, 1.82) is 0 Å². The quantitative estimate of drug-likeness (QED) is 0.792. The van der Waals surface area contributed by atoms with Crippen molar-refractivity contribution in [2.75, 3.05) is 19.7 Å². The normalized spacial score (nSPS) is 18.8. The molecular weight excluding hydrogens is 304 g/mol. The maximum absolute atomic E-state index is 5.93. The van der Waals surface area contributed by atoms with Crippen molar-refractivity contribution in [2.24, 2.45) is 7.05 Å². The van der Waals surface area contributed by atoms with Crippen molar-refractivity contribution < 1.29 is 4.74 Å². The molecule has 1 fully saturated rings. The number of nitrogens with one attached hydrogen (secondary N) is 1. The molecular formula is C17H20N6O. The molecule has 24 heavy (non-hydrogen) atoms. The Labute approximate surface area is 140 Å². The molecule has 0 radical (unpaired) electrons. The van der Waals surface area contributed by atoms with Crippen LogP contribution >= 0.6 is 0 Å². The molecule has 7 nitrogen and oxygen atoms in total. The van der Waals surface area contributed by atoms with E-state index in [-0.39, 0.29) is 6.10 Å². The summed E-state index contributed by atoms with van der Waals surface area (Å²) in [7, 11) is 1.98. The highest BCUT2D eigenvalue weighted by Crippen LogP contribution is 2.23. The van der Waals surface area contributed by atoms with E-state index in [0.29, 0.717) is 6.61 Å². The molecule has 1 aliphatic rings. The number of morpholine rings is 1. The first-order valence-corrected chi connectivity index (χ1v) is 8.06. The van der Waals surface area contributed by atoms with Gasteiger partial charge < -0.3 is 4.74 Å². The number of aromatic amines is 1. The average Bonchev–Trinajstić information content (AvgIpc) is 3.28. The lowest BCUT2D eigenvalue weighted by Gasteiger charge is -2.32. The summed E-state index contributed by atoms with van der Waals surface area (Å²) in [6.07, 6.45) is 5.45. The van der Waals surface area contributed by atoms with Gasteiger partial charge in [-0.25, -0.2) is 0 Å². The number of rotatable bonds is 4. The Hall–Kier alpha value is -2.51. The van der Waals surface area contributed by atoms with Crippen LogP contribution in [-0.2, 0) is 18.3 Å². The Morgan fingerprint density at radius 2 is 2.21 bits per heavy atom. The van der Waals surface area contributed by atoms with Gasteiger partial charge in [-0.05, 0) is 24.3 Å². The van der Waals surface area contributed by atoms with Crippen LogP contribution in [0.5, 0.6) is 0 Å². The topological polar surface area (TPSA) is 71.9 Å². The summed E-state index contributed by atoms with van der Waals surface area (Å²) in [6.45, 7) is 3.35. The predicted molar refractivity (Wildman–Crippen MR) is 89.0 cm³/mol. The fraction of sp³-hybridized carbons (Fsp3) is 0.353. The first-order chi connectivity index (χ1) is 11.8. The number of ether oxygens (including phenoxy) is 1. The monoisotopic (exact) mass is 324 g/mol. The molecule has 1 atom stereocenters. The minimum Gasteiger partial charge on any atom is -0.369 e. The van der Waals surface area contributed by atoms with E-state index >= 15 is 0 Å². The third-order valence-electron chi connectivity index (χ3n) is 4.39. The number of aromatic nitrogens is 5. The first-order valence-electron chi connectivity index (χ1n) is 8.06. The van der Waals surface area contributed by atoms with Crippen LogP contribution in [0, 0.1) is 0 Å². The van der Waals surface area contributed by atoms with E-state index in [1.807, 2.05) is 36.3 Å². The Balaban J connectivity index is 1.45. The van der Waals surface area contributed by atoms with Gasteiger partial charge in [0.2, 0.25) is 0 Å². The van der Waals surface area contributed by atoms with Crippen LogP contribution < -0.4 is 0 Å². The fourth-order valence-electron chi connectivity index (χ4n) is 2.98. The number of aryl methyl sites for hydroxylation is 1. The highest BCUT2D eigenvalue weighted by Gasteiger charge is 2.23. The van der Waals surface area contributed by atoms with E-state index < -0.39 is 0 Å². The molecule has 0 bridgehead atoms. The van der Waals surface area contributed by atoms with Gasteiger partial charge in [-0.2, -0.15) is 10.2 Å². The average molecular weight is 324 g/mol. The zero-order valence-electron chi connectivity index (χ0n) is 13.6. The van der Waals surface area contributed by atoms with E-state index in [1.54, 1.807) is 6.20 Å². The minimum atomic E-state index is 0.00259. The highest BCUT2D eigenvalue weighted by atomic mass is 16.5. The SMILES string of the molecule is Cn1nccc1CN1CCO[C@H](c2ccc(-c3ccn[nH]3)cn2)C1. The van der Waals surface area contributed by atoms with Crippen LogP contribution in [-0.4, -0.2) is 49.6 Å². The molecule has 1 aliphatic heterocycles. The van der Waals surface area contributed by atoms with Crippen molar-refractivity contribution in [3.05, 3.63) is 54.2 Å². The smallest absolute Gasteiger partial charge is 0.112 e. The Morgan fingerprint density at radius 1 is 1.25 bits per heavy atom. The summed E-state index contributed by atoms with van der Waals surface area (Å²) in [5.74, 6) is 0. The van der Waals surface area contributed by atoms with E-state index in [2.05, 4.69) is 37.3 Å². The predicted octanol–water partition coefficient (Wildman–Crippen LogP) is 1.78. The molecule has 0 saturated carbocycles. The second-order valence-corrected chi connectivity index (χ2v) is 5.98. The molecule has 1 saturated heterocycles. The number of nitrogens with zero attached hydrogens (tertiary/aromatic N) is 5. The Kier molecular flexibility index (Phi) is 4.10. The second kappa shape index (κ2) is 6.54. The van der Waals surface area contributed by atoms with Crippen LogP contribution in [0.4, 0.5) is 0 Å². The number of hydrogen-bond donors (Lipinski definition) is 1. The van der Waals surface area contributed by atoms with E-state index in [0.717, 1.165) is 36.6 Å². The molecule has 0 spiro atoms. The third kappa shape index (κ3) is 3.08. The number of pyridine rings is 1. The maximum Gasteiger partial charge on any atom is 0.112 e.